The van der Waals surface area contributed by atoms with Crippen LogP contribution in [0.3, 0.4) is 0 Å². The SMILES string of the molecule is Cc1cccc(C)c1NC(=O)[C@@H](C)N1CCN(S(=O)(=O)/C=C/c2ccccc2)CC1. The van der Waals surface area contributed by atoms with E-state index in [1.165, 1.54) is 9.71 Å². The predicted octanol–water partition coefficient (Wildman–Crippen LogP) is 3.25. The standard InChI is InChI=1S/C23H29N3O3S/c1-18-8-7-9-19(2)22(18)24-23(27)20(3)25-13-15-26(16-14-25)30(28,29)17-12-21-10-5-4-6-11-21/h4-12,17,20H,13-16H2,1-3H3,(H,24,27)/b17-12+/t20-/m1/s1. The molecule has 1 atom stereocenters. The Morgan fingerprint density at radius 1 is 0.967 bits per heavy atom. The molecule has 7 heteroatoms. The van der Waals surface area contributed by atoms with Crippen molar-refractivity contribution in [2.45, 2.75) is 26.8 Å². The molecule has 6 nitrogen and oxygen atoms in total. The number of piperazine rings is 1. The van der Waals surface area contributed by atoms with E-state index >= 15 is 0 Å². The van der Waals surface area contributed by atoms with Gasteiger partial charge in [-0.25, -0.2) is 8.42 Å². The summed E-state index contributed by atoms with van der Waals surface area (Å²) in [5.74, 6) is -0.0762. The number of benzene rings is 2. The molecule has 2 aromatic carbocycles. The van der Waals surface area contributed by atoms with Crippen LogP contribution in [-0.2, 0) is 14.8 Å². The van der Waals surface area contributed by atoms with Crippen LogP contribution in [0.1, 0.15) is 23.6 Å². The molecule has 0 aliphatic carbocycles. The summed E-state index contributed by atoms with van der Waals surface area (Å²) in [7, 11) is -3.49. The molecule has 0 spiro atoms. The third kappa shape index (κ3) is 5.36. The van der Waals surface area contributed by atoms with Gasteiger partial charge in [-0.2, -0.15) is 4.31 Å². The maximum Gasteiger partial charge on any atom is 0.241 e. The van der Waals surface area contributed by atoms with E-state index in [0.717, 1.165) is 22.4 Å². The van der Waals surface area contributed by atoms with E-state index in [1.807, 2.05) is 74.2 Å². The van der Waals surface area contributed by atoms with Crippen LogP contribution in [0.25, 0.3) is 6.08 Å². The first-order valence-electron chi connectivity index (χ1n) is 10.1. The molecule has 160 valence electrons. The van der Waals surface area contributed by atoms with Gasteiger partial charge in [0.25, 0.3) is 0 Å². The van der Waals surface area contributed by atoms with Crippen molar-refractivity contribution in [2.75, 3.05) is 31.5 Å². The molecular formula is C23H29N3O3S. The van der Waals surface area contributed by atoms with Crippen molar-refractivity contribution < 1.29 is 13.2 Å². The third-order valence-electron chi connectivity index (χ3n) is 5.52. The first-order valence-corrected chi connectivity index (χ1v) is 11.6. The fraction of sp³-hybridized carbons (Fsp3) is 0.348. The largest absolute Gasteiger partial charge is 0.324 e. The highest BCUT2D eigenvalue weighted by atomic mass is 32.2. The minimum Gasteiger partial charge on any atom is -0.324 e. The van der Waals surface area contributed by atoms with Crippen LogP contribution >= 0.6 is 0 Å². The van der Waals surface area contributed by atoms with Gasteiger partial charge in [0.1, 0.15) is 0 Å². The van der Waals surface area contributed by atoms with Crippen LogP contribution in [-0.4, -0.2) is 55.8 Å². The van der Waals surface area contributed by atoms with E-state index in [9.17, 15) is 13.2 Å². The average Bonchev–Trinajstić information content (AvgIpc) is 2.75. The second-order valence-corrected chi connectivity index (χ2v) is 9.44. The molecule has 0 unspecified atom stereocenters. The van der Waals surface area contributed by atoms with Gasteiger partial charge in [0.2, 0.25) is 15.9 Å². The number of nitrogens with one attached hydrogen (secondary N) is 1. The topological polar surface area (TPSA) is 69.7 Å². The lowest BCUT2D eigenvalue weighted by atomic mass is 10.1. The monoisotopic (exact) mass is 427 g/mol. The number of anilines is 1. The van der Waals surface area contributed by atoms with E-state index in [4.69, 9.17) is 0 Å². The number of hydrogen-bond acceptors (Lipinski definition) is 4. The van der Waals surface area contributed by atoms with Crippen molar-refractivity contribution in [3.63, 3.8) is 0 Å². The van der Waals surface area contributed by atoms with Crippen molar-refractivity contribution in [3.05, 3.63) is 70.6 Å². The van der Waals surface area contributed by atoms with Crippen LogP contribution in [0, 0.1) is 13.8 Å². The van der Waals surface area contributed by atoms with Crippen molar-refractivity contribution in [1.82, 2.24) is 9.21 Å². The van der Waals surface area contributed by atoms with Gasteiger partial charge in [-0.15, -0.1) is 0 Å². The fourth-order valence-electron chi connectivity index (χ4n) is 3.57. The smallest absolute Gasteiger partial charge is 0.241 e. The molecule has 3 rings (SSSR count). The summed E-state index contributed by atoms with van der Waals surface area (Å²) in [6.07, 6.45) is 1.61. The molecule has 1 saturated heterocycles. The minimum absolute atomic E-state index is 0.0762. The van der Waals surface area contributed by atoms with Gasteiger partial charge in [0.15, 0.2) is 0 Å². The lowest BCUT2D eigenvalue weighted by Gasteiger charge is -2.36. The minimum atomic E-state index is -3.49. The molecule has 0 radical (unpaired) electrons. The molecular weight excluding hydrogens is 398 g/mol. The maximum absolute atomic E-state index is 12.8. The Hall–Kier alpha value is -2.48. The number of nitrogens with zero attached hydrogens (tertiary/aromatic N) is 2. The zero-order valence-corrected chi connectivity index (χ0v) is 18.5. The number of hydrogen-bond donors (Lipinski definition) is 1. The lowest BCUT2D eigenvalue weighted by Crippen LogP contribution is -2.53. The number of carbonyl (C=O) groups is 1. The number of aryl methyl sites for hydroxylation is 2. The number of para-hydroxylation sites is 1. The van der Waals surface area contributed by atoms with Gasteiger partial charge in [0.05, 0.1) is 6.04 Å². The Morgan fingerprint density at radius 2 is 1.57 bits per heavy atom. The zero-order chi connectivity index (χ0) is 21.7. The van der Waals surface area contributed by atoms with E-state index in [0.29, 0.717) is 26.2 Å². The van der Waals surface area contributed by atoms with E-state index in [-0.39, 0.29) is 11.9 Å². The first-order chi connectivity index (χ1) is 14.3. The zero-order valence-electron chi connectivity index (χ0n) is 17.7. The lowest BCUT2D eigenvalue weighted by molar-refractivity contribution is -0.121. The second kappa shape index (κ2) is 9.55. The Kier molecular flexibility index (Phi) is 7.07. The van der Waals surface area contributed by atoms with Gasteiger partial charge in [0, 0.05) is 37.3 Å². The summed E-state index contributed by atoms with van der Waals surface area (Å²) >= 11 is 0. The van der Waals surface area contributed by atoms with Gasteiger partial charge in [-0.1, -0.05) is 48.5 Å². The first kappa shape index (κ1) is 22.2. The van der Waals surface area contributed by atoms with Crippen LogP contribution in [0.2, 0.25) is 0 Å². The van der Waals surface area contributed by atoms with Crippen molar-refractivity contribution in [2.24, 2.45) is 0 Å². The van der Waals surface area contributed by atoms with Gasteiger partial charge >= 0.3 is 0 Å². The number of amides is 1. The Balaban J connectivity index is 1.58. The Bertz CT molecular complexity index is 991. The number of rotatable bonds is 6. The van der Waals surface area contributed by atoms with E-state index in [2.05, 4.69) is 5.32 Å². The molecule has 0 bridgehead atoms. The highest BCUT2D eigenvalue weighted by molar-refractivity contribution is 7.92. The van der Waals surface area contributed by atoms with Gasteiger partial charge < -0.3 is 5.32 Å². The average molecular weight is 428 g/mol. The molecule has 30 heavy (non-hydrogen) atoms. The van der Waals surface area contributed by atoms with Crippen LogP contribution in [0.15, 0.2) is 53.9 Å². The Morgan fingerprint density at radius 3 is 2.17 bits per heavy atom. The van der Waals surface area contributed by atoms with Crippen LogP contribution < -0.4 is 5.32 Å². The van der Waals surface area contributed by atoms with E-state index < -0.39 is 10.0 Å². The molecule has 1 N–H and O–H groups in total. The maximum atomic E-state index is 12.8. The second-order valence-electron chi connectivity index (χ2n) is 7.63. The molecule has 0 aromatic heterocycles. The molecule has 0 saturated carbocycles. The third-order valence-corrected chi connectivity index (χ3v) is 7.09. The van der Waals surface area contributed by atoms with Crippen LogP contribution in [0.4, 0.5) is 5.69 Å². The molecule has 1 heterocycles. The Labute approximate surface area is 179 Å². The normalized spacial score (nSPS) is 17.2. The van der Waals surface area contributed by atoms with Crippen molar-refractivity contribution in [3.8, 4) is 0 Å². The summed E-state index contributed by atoms with van der Waals surface area (Å²) in [6.45, 7) is 7.56. The summed E-state index contributed by atoms with van der Waals surface area (Å²) in [5.41, 5.74) is 3.74. The number of sulfonamides is 1. The quantitative estimate of drug-likeness (QED) is 0.768. The molecule has 1 amide bonds. The van der Waals surface area contributed by atoms with E-state index in [1.54, 1.807) is 6.08 Å². The van der Waals surface area contributed by atoms with Crippen LogP contribution in [0.5, 0.6) is 0 Å². The summed E-state index contributed by atoms with van der Waals surface area (Å²) in [4.78, 5) is 14.8. The summed E-state index contributed by atoms with van der Waals surface area (Å²) in [6, 6.07) is 14.9. The molecule has 1 aliphatic rings. The molecule has 2 aromatic rings. The van der Waals surface area contributed by atoms with Crippen molar-refractivity contribution >= 4 is 27.7 Å². The molecule has 1 fully saturated rings. The van der Waals surface area contributed by atoms with Crippen molar-refractivity contribution in [1.29, 1.82) is 0 Å². The highest BCUT2D eigenvalue weighted by Crippen LogP contribution is 2.20. The van der Waals surface area contributed by atoms with Gasteiger partial charge in [-0.05, 0) is 43.5 Å². The van der Waals surface area contributed by atoms with Gasteiger partial charge in [-0.3, -0.25) is 9.69 Å². The molecule has 1 aliphatic heterocycles. The fourth-order valence-corrected chi connectivity index (χ4v) is 4.74. The number of carbonyl (C=O) groups excluding carboxylic acids is 1. The summed E-state index contributed by atoms with van der Waals surface area (Å²) in [5, 5.41) is 4.29. The predicted molar refractivity (Wildman–Crippen MR) is 122 cm³/mol. The summed E-state index contributed by atoms with van der Waals surface area (Å²) < 4.78 is 26.7. The highest BCUT2D eigenvalue weighted by Gasteiger charge is 2.30.